The van der Waals surface area contributed by atoms with E-state index in [2.05, 4.69) is 15.0 Å². The molecule has 0 radical (unpaired) electrons. The molecule has 0 saturated heterocycles. The highest BCUT2D eigenvalue weighted by molar-refractivity contribution is 6.29. The summed E-state index contributed by atoms with van der Waals surface area (Å²) < 4.78 is 2.54. The predicted molar refractivity (Wildman–Crippen MR) is 69.7 cm³/mol. The molecular weight excluding hydrogens is 270 g/mol. The number of H-pyrrole nitrogens is 1. The zero-order valence-corrected chi connectivity index (χ0v) is 10.5. The molecule has 0 aromatic carbocycles. The fraction of sp³-hybridized carbons (Fsp3) is 0.0909. The number of aromatic amines is 1. The molecule has 7 nitrogen and oxygen atoms in total. The van der Waals surface area contributed by atoms with E-state index in [0.717, 1.165) is 4.57 Å². The predicted octanol–water partition coefficient (Wildman–Crippen LogP) is 0.461. The van der Waals surface area contributed by atoms with Crippen LogP contribution in [0.4, 0.5) is 0 Å². The van der Waals surface area contributed by atoms with Crippen LogP contribution in [0.5, 0.6) is 0 Å². The summed E-state index contributed by atoms with van der Waals surface area (Å²) in [4.78, 5) is 34.7. The fourth-order valence-corrected chi connectivity index (χ4v) is 1.94. The Kier molecular flexibility index (Phi) is 2.49. The lowest BCUT2D eigenvalue weighted by atomic mass is 10.4. The largest absolute Gasteiger partial charge is 0.334 e. The van der Waals surface area contributed by atoms with Crippen molar-refractivity contribution in [2.75, 3.05) is 0 Å². The van der Waals surface area contributed by atoms with Gasteiger partial charge in [0.05, 0.1) is 18.2 Å². The van der Waals surface area contributed by atoms with E-state index in [-0.39, 0.29) is 10.7 Å². The van der Waals surface area contributed by atoms with Crippen molar-refractivity contribution in [2.45, 2.75) is 0 Å². The molecule has 19 heavy (non-hydrogen) atoms. The molecule has 3 aromatic heterocycles. The number of hydrogen-bond acceptors (Lipinski definition) is 4. The van der Waals surface area contributed by atoms with Crippen LogP contribution in [0.25, 0.3) is 16.9 Å². The number of halogens is 1. The van der Waals surface area contributed by atoms with Crippen LogP contribution in [0.15, 0.2) is 34.2 Å². The molecule has 0 aliphatic carbocycles. The molecule has 0 saturated carbocycles. The number of nitrogens with one attached hydrogen (secondary N) is 1. The number of nitrogens with zero attached hydrogens (tertiary/aromatic N) is 4. The van der Waals surface area contributed by atoms with Crippen molar-refractivity contribution in [3.05, 3.63) is 50.6 Å². The second-order valence-corrected chi connectivity index (χ2v) is 4.35. The summed E-state index contributed by atoms with van der Waals surface area (Å²) in [7, 11) is 1.69. The van der Waals surface area contributed by atoms with Gasteiger partial charge in [-0.2, -0.15) is 0 Å². The van der Waals surface area contributed by atoms with Crippen LogP contribution < -0.4 is 11.2 Å². The number of aromatic nitrogens is 5. The van der Waals surface area contributed by atoms with E-state index >= 15 is 0 Å². The minimum absolute atomic E-state index is 0.192. The van der Waals surface area contributed by atoms with Crippen molar-refractivity contribution in [1.82, 2.24) is 24.1 Å². The molecule has 3 aromatic rings. The minimum atomic E-state index is -0.551. The monoisotopic (exact) mass is 277 g/mol. The Bertz CT molecular complexity index is 875. The quantitative estimate of drug-likeness (QED) is 0.655. The van der Waals surface area contributed by atoms with Gasteiger partial charge in [0, 0.05) is 7.05 Å². The summed E-state index contributed by atoms with van der Waals surface area (Å²) in [6.45, 7) is 0. The van der Waals surface area contributed by atoms with E-state index in [1.54, 1.807) is 17.7 Å². The molecule has 0 aliphatic heterocycles. The molecular formula is C11H8ClN5O2. The van der Waals surface area contributed by atoms with E-state index in [4.69, 9.17) is 11.6 Å². The minimum Gasteiger partial charge on any atom is -0.320 e. The van der Waals surface area contributed by atoms with Gasteiger partial charge in [0.25, 0.3) is 5.56 Å². The van der Waals surface area contributed by atoms with Crippen molar-refractivity contribution in [1.29, 1.82) is 0 Å². The Hall–Kier alpha value is -2.41. The number of hydrogen-bond donors (Lipinski definition) is 1. The molecule has 3 rings (SSSR count). The maximum absolute atomic E-state index is 12.3. The van der Waals surface area contributed by atoms with Crippen molar-refractivity contribution < 1.29 is 0 Å². The maximum atomic E-state index is 12.3. The lowest BCUT2D eigenvalue weighted by Crippen LogP contribution is -2.34. The van der Waals surface area contributed by atoms with Gasteiger partial charge in [-0.25, -0.2) is 19.3 Å². The van der Waals surface area contributed by atoms with Crippen LogP contribution in [0.1, 0.15) is 0 Å². The SMILES string of the molecule is Cn1cnc2c(=O)n(-c3ccc(Cl)nc3)c(=O)[nH]c21. The van der Waals surface area contributed by atoms with Crippen LogP contribution >= 0.6 is 11.6 Å². The number of aryl methyl sites for hydroxylation is 1. The van der Waals surface area contributed by atoms with Crippen molar-refractivity contribution in [3.63, 3.8) is 0 Å². The van der Waals surface area contributed by atoms with Gasteiger partial charge in [-0.05, 0) is 12.1 Å². The Morgan fingerprint density at radius 2 is 2.05 bits per heavy atom. The van der Waals surface area contributed by atoms with Crippen LogP contribution in [-0.2, 0) is 7.05 Å². The fourth-order valence-electron chi connectivity index (χ4n) is 1.82. The molecule has 0 fully saturated rings. The lowest BCUT2D eigenvalue weighted by molar-refractivity contribution is 0.868. The summed E-state index contributed by atoms with van der Waals surface area (Å²) in [6, 6.07) is 3.05. The number of fused-ring (bicyclic) bond motifs is 1. The molecule has 0 unspecified atom stereocenters. The van der Waals surface area contributed by atoms with E-state index in [9.17, 15) is 9.59 Å². The third-order valence-corrected chi connectivity index (χ3v) is 2.96. The average molecular weight is 278 g/mol. The first kappa shape index (κ1) is 11.7. The second-order valence-electron chi connectivity index (χ2n) is 3.96. The number of pyridine rings is 1. The van der Waals surface area contributed by atoms with Gasteiger partial charge in [-0.15, -0.1) is 0 Å². The van der Waals surface area contributed by atoms with Gasteiger partial charge in [-0.1, -0.05) is 11.6 Å². The zero-order chi connectivity index (χ0) is 13.6. The summed E-state index contributed by atoms with van der Waals surface area (Å²) in [5, 5.41) is 0.284. The first-order chi connectivity index (χ1) is 9.08. The van der Waals surface area contributed by atoms with Gasteiger partial charge >= 0.3 is 5.69 Å². The first-order valence-electron chi connectivity index (χ1n) is 5.36. The van der Waals surface area contributed by atoms with Crippen LogP contribution in [0, 0.1) is 0 Å². The standard InChI is InChI=1S/C11H8ClN5O2/c1-16-5-14-8-9(16)15-11(19)17(10(8)18)6-2-3-7(12)13-4-6/h2-5H,1H3,(H,15,19). The van der Waals surface area contributed by atoms with Crippen LogP contribution in [0.2, 0.25) is 5.15 Å². The number of rotatable bonds is 1. The highest BCUT2D eigenvalue weighted by Crippen LogP contribution is 2.08. The Morgan fingerprint density at radius 3 is 2.74 bits per heavy atom. The van der Waals surface area contributed by atoms with Crippen LogP contribution in [-0.4, -0.2) is 24.1 Å². The molecule has 0 aliphatic rings. The lowest BCUT2D eigenvalue weighted by Gasteiger charge is -2.04. The summed E-state index contributed by atoms with van der Waals surface area (Å²) in [5.41, 5.74) is -0.137. The van der Waals surface area contributed by atoms with Gasteiger partial charge < -0.3 is 4.57 Å². The zero-order valence-electron chi connectivity index (χ0n) is 9.79. The van der Waals surface area contributed by atoms with Crippen molar-refractivity contribution in [2.24, 2.45) is 7.05 Å². The summed E-state index contributed by atoms with van der Waals surface area (Å²) in [6.07, 6.45) is 2.82. The highest BCUT2D eigenvalue weighted by Gasteiger charge is 2.12. The van der Waals surface area contributed by atoms with Gasteiger partial charge in [0.15, 0.2) is 5.52 Å². The first-order valence-corrected chi connectivity index (χ1v) is 5.74. The normalized spacial score (nSPS) is 11.1. The Morgan fingerprint density at radius 1 is 1.26 bits per heavy atom. The van der Waals surface area contributed by atoms with E-state index in [0.29, 0.717) is 11.3 Å². The Balaban J connectivity index is 2.39. The van der Waals surface area contributed by atoms with E-state index < -0.39 is 11.2 Å². The van der Waals surface area contributed by atoms with Gasteiger partial charge in [0.1, 0.15) is 10.8 Å². The summed E-state index contributed by atoms with van der Waals surface area (Å²) >= 11 is 5.68. The van der Waals surface area contributed by atoms with Crippen molar-refractivity contribution >= 4 is 22.8 Å². The topological polar surface area (TPSA) is 85.6 Å². The molecule has 0 amide bonds. The van der Waals surface area contributed by atoms with E-state index in [1.807, 2.05) is 0 Å². The molecule has 0 atom stereocenters. The summed E-state index contributed by atoms with van der Waals surface area (Å²) in [5.74, 6) is 0. The Labute approximate surface area is 111 Å². The molecule has 3 heterocycles. The van der Waals surface area contributed by atoms with Gasteiger partial charge in [0.2, 0.25) is 0 Å². The van der Waals surface area contributed by atoms with Crippen LogP contribution in [0.3, 0.4) is 0 Å². The second kappa shape index (κ2) is 4.06. The third-order valence-electron chi connectivity index (χ3n) is 2.74. The highest BCUT2D eigenvalue weighted by atomic mass is 35.5. The maximum Gasteiger partial charge on any atom is 0.334 e. The number of imidazole rings is 1. The molecule has 1 N–H and O–H groups in total. The third kappa shape index (κ3) is 1.75. The molecule has 0 spiro atoms. The van der Waals surface area contributed by atoms with E-state index in [1.165, 1.54) is 18.6 Å². The molecule has 0 bridgehead atoms. The smallest absolute Gasteiger partial charge is 0.320 e. The van der Waals surface area contributed by atoms with Crippen molar-refractivity contribution in [3.8, 4) is 5.69 Å². The molecule has 8 heteroatoms. The molecule has 96 valence electrons. The average Bonchev–Trinajstić information content (AvgIpc) is 2.74. The van der Waals surface area contributed by atoms with Gasteiger partial charge in [-0.3, -0.25) is 9.78 Å².